The van der Waals surface area contributed by atoms with E-state index in [0.29, 0.717) is 30.3 Å². The quantitative estimate of drug-likeness (QED) is 0.634. The van der Waals surface area contributed by atoms with Crippen LogP contribution in [0.1, 0.15) is 29.2 Å². The Morgan fingerprint density at radius 3 is 2.68 bits per heavy atom. The number of carbonyl (C=O) groups is 1. The molecule has 5 nitrogen and oxygen atoms in total. The maximum absolute atomic E-state index is 14.0. The predicted octanol–water partition coefficient (Wildman–Crippen LogP) is 3.29. The Labute approximate surface area is 158 Å². The highest BCUT2D eigenvalue weighted by molar-refractivity contribution is 5.94. The second kappa shape index (κ2) is 7.10. The van der Waals surface area contributed by atoms with Crippen molar-refractivity contribution in [3.8, 4) is 0 Å². The Morgan fingerprint density at radius 2 is 1.86 bits per heavy atom. The van der Waals surface area contributed by atoms with Gasteiger partial charge < -0.3 is 4.90 Å². The van der Waals surface area contributed by atoms with Gasteiger partial charge in [0.2, 0.25) is 0 Å². The molecule has 1 fully saturated rings. The summed E-state index contributed by atoms with van der Waals surface area (Å²) in [7, 11) is 0. The Bertz CT molecular complexity index is 1130. The molecule has 0 aliphatic carbocycles. The van der Waals surface area contributed by atoms with Crippen molar-refractivity contribution in [2.45, 2.75) is 18.9 Å². The number of aromatic nitrogens is 2. The number of halogens is 3. The van der Waals surface area contributed by atoms with E-state index < -0.39 is 28.9 Å². The minimum Gasteiger partial charge on any atom is -0.336 e. The number of nitrogens with zero attached hydrogens (tertiary/aromatic N) is 3. The zero-order chi connectivity index (χ0) is 19.8. The summed E-state index contributed by atoms with van der Waals surface area (Å²) in [6.07, 6.45) is 2.67. The van der Waals surface area contributed by atoms with E-state index in [9.17, 15) is 22.8 Å². The normalized spacial score (nSPS) is 17.1. The molecule has 1 amide bonds. The van der Waals surface area contributed by atoms with Crippen LogP contribution < -0.4 is 5.56 Å². The Hall–Kier alpha value is -3.16. The van der Waals surface area contributed by atoms with Gasteiger partial charge in [-0.1, -0.05) is 12.1 Å². The van der Waals surface area contributed by atoms with Crippen molar-refractivity contribution in [2.24, 2.45) is 0 Å². The number of para-hydroxylation sites is 1. The van der Waals surface area contributed by atoms with E-state index in [4.69, 9.17) is 0 Å². The number of hydrogen-bond donors (Lipinski definition) is 0. The molecule has 4 rings (SSSR count). The lowest BCUT2D eigenvalue weighted by Crippen LogP contribution is -2.43. The molecule has 2 aromatic carbocycles. The van der Waals surface area contributed by atoms with Gasteiger partial charge in [-0.25, -0.2) is 18.2 Å². The monoisotopic (exact) mass is 387 g/mol. The third-order valence-corrected chi connectivity index (χ3v) is 5.03. The van der Waals surface area contributed by atoms with Gasteiger partial charge in [-0.2, -0.15) is 0 Å². The highest BCUT2D eigenvalue weighted by Crippen LogP contribution is 2.24. The molecule has 8 heteroatoms. The molecule has 0 radical (unpaired) electrons. The minimum absolute atomic E-state index is 0.150. The number of carbonyl (C=O) groups excluding carboxylic acids is 1. The van der Waals surface area contributed by atoms with Gasteiger partial charge in [0.1, 0.15) is 0 Å². The van der Waals surface area contributed by atoms with E-state index in [0.717, 1.165) is 12.1 Å². The summed E-state index contributed by atoms with van der Waals surface area (Å²) in [6, 6.07) is 8.28. The van der Waals surface area contributed by atoms with Crippen LogP contribution in [0.3, 0.4) is 0 Å². The summed E-state index contributed by atoms with van der Waals surface area (Å²) in [5.74, 6) is -5.26. The van der Waals surface area contributed by atoms with Gasteiger partial charge in [0, 0.05) is 13.1 Å². The molecule has 2 heterocycles. The minimum atomic E-state index is -1.67. The average molecular weight is 387 g/mol. The summed E-state index contributed by atoms with van der Waals surface area (Å²) in [4.78, 5) is 31.1. The first kappa shape index (κ1) is 18.2. The first-order valence-electron chi connectivity index (χ1n) is 8.86. The third-order valence-electron chi connectivity index (χ3n) is 5.03. The molecule has 0 saturated carbocycles. The predicted molar refractivity (Wildman–Crippen MR) is 96.5 cm³/mol. The van der Waals surface area contributed by atoms with Crippen molar-refractivity contribution in [3.63, 3.8) is 0 Å². The van der Waals surface area contributed by atoms with Crippen molar-refractivity contribution in [1.82, 2.24) is 14.5 Å². The Morgan fingerprint density at radius 1 is 1.07 bits per heavy atom. The van der Waals surface area contributed by atoms with Crippen LogP contribution in [-0.2, 0) is 0 Å². The standard InChI is InChI=1S/C20H16F3N3O2/c21-15-8-7-14(17(22)18(15)23)19(27)25-9-3-4-12(10-25)26-11-24-16-6-2-1-5-13(16)20(26)28/h1-2,5-8,11-12H,3-4,9-10H2/t12-/m1/s1. The Kier molecular flexibility index (Phi) is 4.62. The van der Waals surface area contributed by atoms with Gasteiger partial charge in [0.25, 0.3) is 11.5 Å². The van der Waals surface area contributed by atoms with Crippen LogP contribution in [0.15, 0.2) is 47.5 Å². The summed E-state index contributed by atoms with van der Waals surface area (Å²) in [5, 5.41) is 0.472. The van der Waals surface area contributed by atoms with Gasteiger partial charge in [-0.15, -0.1) is 0 Å². The van der Waals surface area contributed by atoms with E-state index in [1.807, 2.05) is 0 Å². The molecule has 1 atom stereocenters. The molecule has 144 valence electrons. The van der Waals surface area contributed by atoms with Crippen LogP contribution in [0, 0.1) is 17.5 Å². The third kappa shape index (κ3) is 3.04. The molecule has 0 bridgehead atoms. The van der Waals surface area contributed by atoms with E-state index in [2.05, 4.69) is 4.98 Å². The maximum Gasteiger partial charge on any atom is 0.261 e. The average Bonchev–Trinajstić information content (AvgIpc) is 2.72. The SMILES string of the molecule is O=C(c1ccc(F)c(F)c1F)N1CCC[C@@H](n2cnc3ccccc3c2=O)C1. The van der Waals surface area contributed by atoms with E-state index in [1.54, 1.807) is 24.3 Å². The molecular formula is C20H16F3N3O2. The fourth-order valence-corrected chi connectivity index (χ4v) is 3.57. The van der Waals surface area contributed by atoms with Gasteiger partial charge in [0.05, 0.1) is 28.8 Å². The number of likely N-dealkylation sites (tertiary alicyclic amines) is 1. The van der Waals surface area contributed by atoms with E-state index >= 15 is 0 Å². The Balaban J connectivity index is 1.64. The largest absolute Gasteiger partial charge is 0.336 e. The molecule has 0 N–H and O–H groups in total. The number of fused-ring (bicyclic) bond motifs is 1. The van der Waals surface area contributed by atoms with Crippen molar-refractivity contribution in [2.75, 3.05) is 13.1 Å². The zero-order valence-electron chi connectivity index (χ0n) is 14.7. The molecule has 1 aliphatic rings. The van der Waals surface area contributed by atoms with Crippen LogP contribution in [0.4, 0.5) is 13.2 Å². The first-order chi connectivity index (χ1) is 13.5. The van der Waals surface area contributed by atoms with Crippen LogP contribution >= 0.6 is 0 Å². The second-order valence-electron chi connectivity index (χ2n) is 6.74. The fraction of sp³-hybridized carbons (Fsp3) is 0.250. The fourth-order valence-electron chi connectivity index (χ4n) is 3.57. The van der Waals surface area contributed by atoms with E-state index in [1.165, 1.54) is 15.8 Å². The van der Waals surface area contributed by atoms with Crippen LogP contribution in [0.25, 0.3) is 10.9 Å². The molecule has 28 heavy (non-hydrogen) atoms. The first-order valence-corrected chi connectivity index (χ1v) is 8.86. The number of hydrogen-bond acceptors (Lipinski definition) is 3. The lowest BCUT2D eigenvalue weighted by molar-refractivity contribution is 0.0671. The number of amides is 1. The second-order valence-corrected chi connectivity index (χ2v) is 6.74. The molecule has 0 spiro atoms. The van der Waals surface area contributed by atoms with Gasteiger partial charge in [-0.05, 0) is 37.1 Å². The van der Waals surface area contributed by atoms with Crippen molar-refractivity contribution >= 4 is 16.8 Å². The summed E-state index contributed by atoms with van der Waals surface area (Å²) < 4.78 is 42.1. The molecule has 1 saturated heterocycles. The van der Waals surface area contributed by atoms with Crippen LogP contribution in [0.5, 0.6) is 0 Å². The summed E-state index contributed by atoms with van der Waals surface area (Å²) >= 11 is 0. The number of piperidine rings is 1. The lowest BCUT2D eigenvalue weighted by atomic mass is 10.0. The van der Waals surface area contributed by atoms with Crippen molar-refractivity contribution in [3.05, 3.63) is 76.1 Å². The highest BCUT2D eigenvalue weighted by atomic mass is 19.2. The van der Waals surface area contributed by atoms with Crippen LogP contribution in [-0.4, -0.2) is 33.4 Å². The topological polar surface area (TPSA) is 55.2 Å². The van der Waals surface area contributed by atoms with Crippen LogP contribution in [0.2, 0.25) is 0 Å². The van der Waals surface area contributed by atoms with Gasteiger partial charge >= 0.3 is 0 Å². The summed E-state index contributed by atoms with van der Waals surface area (Å²) in [5.41, 5.74) is -0.163. The summed E-state index contributed by atoms with van der Waals surface area (Å²) in [6.45, 7) is 0.487. The smallest absolute Gasteiger partial charge is 0.261 e. The molecule has 0 unspecified atom stereocenters. The molecule has 1 aliphatic heterocycles. The highest BCUT2D eigenvalue weighted by Gasteiger charge is 2.29. The lowest BCUT2D eigenvalue weighted by Gasteiger charge is -2.33. The number of benzene rings is 2. The molecule has 1 aromatic heterocycles. The van der Waals surface area contributed by atoms with E-state index in [-0.39, 0.29) is 18.1 Å². The number of rotatable bonds is 2. The maximum atomic E-state index is 14.0. The van der Waals surface area contributed by atoms with Gasteiger partial charge in [-0.3, -0.25) is 14.2 Å². The molecular weight excluding hydrogens is 371 g/mol. The zero-order valence-corrected chi connectivity index (χ0v) is 14.7. The molecule has 3 aromatic rings. The van der Waals surface area contributed by atoms with Gasteiger partial charge in [0.15, 0.2) is 17.5 Å². The van der Waals surface area contributed by atoms with Crippen molar-refractivity contribution < 1.29 is 18.0 Å². The van der Waals surface area contributed by atoms with Crippen molar-refractivity contribution in [1.29, 1.82) is 0 Å².